The predicted molar refractivity (Wildman–Crippen MR) is 112 cm³/mol. The van der Waals surface area contributed by atoms with E-state index in [2.05, 4.69) is 33.0 Å². The molecule has 3 rings (SSSR count). The maximum atomic E-state index is 12.1. The molecular formula is C21H22N4O3S. The van der Waals surface area contributed by atoms with Crippen molar-refractivity contribution in [2.24, 2.45) is 0 Å². The van der Waals surface area contributed by atoms with Gasteiger partial charge in [0.25, 0.3) is 5.91 Å². The van der Waals surface area contributed by atoms with E-state index in [0.717, 1.165) is 17.8 Å². The van der Waals surface area contributed by atoms with E-state index in [1.165, 1.54) is 17.3 Å². The van der Waals surface area contributed by atoms with Crippen molar-refractivity contribution in [1.82, 2.24) is 20.8 Å². The summed E-state index contributed by atoms with van der Waals surface area (Å²) in [6, 6.07) is 16.7. The van der Waals surface area contributed by atoms with Crippen LogP contribution in [0.25, 0.3) is 0 Å². The standard InChI is InChI=1S/C21H22N4O3S/c1-14-18(12-15-6-4-3-5-7-15)23-21(22-14)29-13-19(26)24-25-20(27)16-8-10-17(28-2)11-9-16/h3-11H,12-13H2,1-2H3,(H,22,23)(H,24,26)(H,25,27). The van der Waals surface area contributed by atoms with Crippen molar-refractivity contribution in [2.45, 2.75) is 18.5 Å². The zero-order valence-corrected chi connectivity index (χ0v) is 17.0. The van der Waals surface area contributed by atoms with Crippen LogP contribution < -0.4 is 15.6 Å². The molecule has 0 spiro atoms. The van der Waals surface area contributed by atoms with Crippen LogP contribution in [0.15, 0.2) is 59.8 Å². The van der Waals surface area contributed by atoms with Gasteiger partial charge < -0.3 is 9.72 Å². The molecule has 0 unspecified atom stereocenters. The normalized spacial score (nSPS) is 10.4. The molecule has 2 aromatic carbocycles. The fraction of sp³-hybridized carbons (Fsp3) is 0.190. The molecule has 0 aliphatic rings. The lowest BCUT2D eigenvalue weighted by Crippen LogP contribution is -2.42. The van der Waals surface area contributed by atoms with Gasteiger partial charge in [0.2, 0.25) is 5.91 Å². The Balaban J connectivity index is 1.46. The minimum atomic E-state index is -0.398. The van der Waals surface area contributed by atoms with Crippen molar-refractivity contribution in [3.63, 3.8) is 0 Å². The fourth-order valence-electron chi connectivity index (χ4n) is 2.61. The monoisotopic (exact) mass is 410 g/mol. The number of hydrogen-bond donors (Lipinski definition) is 3. The molecule has 0 fully saturated rings. The number of methoxy groups -OCH3 is 1. The predicted octanol–water partition coefficient (Wildman–Crippen LogP) is 2.87. The number of aryl methyl sites for hydroxylation is 1. The number of amides is 2. The highest BCUT2D eigenvalue weighted by molar-refractivity contribution is 7.99. The molecule has 0 aliphatic heterocycles. The number of benzene rings is 2. The Morgan fingerprint density at radius 2 is 1.79 bits per heavy atom. The summed E-state index contributed by atoms with van der Waals surface area (Å²) in [7, 11) is 1.55. The third-order valence-electron chi connectivity index (χ3n) is 4.19. The number of ether oxygens (including phenoxy) is 1. The van der Waals surface area contributed by atoms with Gasteiger partial charge in [-0.2, -0.15) is 0 Å². The lowest BCUT2D eigenvalue weighted by molar-refractivity contribution is -0.119. The second-order valence-corrected chi connectivity index (χ2v) is 7.26. The van der Waals surface area contributed by atoms with Crippen molar-refractivity contribution < 1.29 is 14.3 Å². The van der Waals surface area contributed by atoms with Crippen LogP contribution >= 0.6 is 11.8 Å². The molecule has 29 heavy (non-hydrogen) atoms. The van der Waals surface area contributed by atoms with Gasteiger partial charge in [0.15, 0.2) is 5.16 Å². The molecule has 150 valence electrons. The first kappa shape index (κ1) is 20.5. The second kappa shape index (κ2) is 9.79. The van der Waals surface area contributed by atoms with Gasteiger partial charge in [0, 0.05) is 17.7 Å². The molecule has 1 aromatic heterocycles. The van der Waals surface area contributed by atoms with E-state index in [9.17, 15) is 9.59 Å². The molecule has 1 heterocycles. The number of aromatic nitrogens is 2. The largest absolute Gasteiger partial charge is 0.497 e. The van der Waals surface area contributed by atoms with E-state index < -0.39 is 5.91 Å². The maximum Gasteiger partial charge on any atom is 0.269 e. The highest BCUT2D eigenvalue weighted by Gasteiger charge is 2.11. The Bertz CT molecular complexity index is 971. The zero-order chi connectivity index (χ0) is 20.6. The van der Waals surface area contributed by atoms with E-state index in [1.54, 1.807) is 31.4 Å². The van der Waals surface area contributed by atoms with Crippen molar-refractivity contribution in [1.29, 1.82) is 0 Å². The number of nitrogens with zero attached hydrogens (tertiary/aromatic N) is 1. The summed E-state index contributed by atoms with van der Waals surface area (Å²) in [4.78, 5) is 31.8. The number of aromatic amines is 1. The number of rotatable bonds is 7. The van der Waals surface area contributed by atoms with Gasteiger partial charge in [-0.3, -0.25) is 20.4 Å². The number of hydrogen-bond acceptors (Lipinski definition) is 5. The van der Waals surface area contributed by atoms with Gasteiger partial charge in [0.05, 0.1) is 18.6 Å². The van der Waals surface area contributed by atoms with Gasteiger partial charge in [-0.1, -0.05) is 42.1 Å². The topological polar surface area (TPSA) is 96.1 Å². The molecule has 2 amide bonds. The quantitative estimate of drug-likeness (QED) is 0.411. The van der Waals surface area contributed by atoms with Gasteiger partial charge >= 0.3 is 0 Å². The average molecular weight is 410 g/mol. The van der Waals surface area contributed by atoms with E-state index >= 15 is 0 Å². The zero-order valence-electron chi connectivity index (χ0n) is 16.2. The number of imidazole rings is 1. The van der Waals surface area contributed by atoms with Crippen molar-refractivity contribution in [2.75, 3.05) is 12.9 Å². The van der Waals surface area contributed by atoms with E-state index in [0.29, 0.717) is 16.5 Å². The van der Waals surface area contributed by atoms with Crippen LogP contribution in [0.3, 0.4) is 0 Å². The smallest absolute Gasteiger partial charge is 0.269 e. The third-order valence-corrected chi connectivity index (χ3v) is 5.06. The lowest BCUT2D eigenvalue weighted by atomic mass is 10.1. The molecule has 0 aliphatic carbocycles. The number of hydrazine groups is 1. The van der Waals surface area contributed by atoms with Gasteiger partial charge in [-0.15, -0.1) is 0 Å². The molecule has 3 aromatic rings. The van der Waals surface area contributed by atoms with Gasteiger partial charge in [0.1, 0.15) is 5.75 Å². The third kappa shape index (κ3) is 5.86. The van der Waals surface area contributed by atoms with Crippen LogP contribution in [-0.2, 0) is 11.2 Å². The molecular weight excluding hydrogens is 388 g/mol. The minimum absolute atomic E-state index is 0.126. The summed E-state index contributed by atoms with van der Waals surface area (Å²) in [5.41, 5.74) is 8.34. The van der Waals surface area contributed by atoms with Crippen LogP contribution in [-0.4, -0.2) is 34.6 Å². The summed E-state index contributed by atoms with van der Waals surface area (Å²) < 4.78 is 5.05. The maximum absolute atomic E-state index is 12.1. The highest BCUT2D eigenvalue weighted by atomic mass is 32.2. The molecule has 8 heteroatoms. The highest BCUT2D eigenvalue weighted by Crippen LogP contribution is 2.18. The lowest BCUT2D eigenvalue weighted by Gasteiger charge is -2.07. The Morgan fingerprint density at radius 3 is 2.48 bits per heavy atom. The summed E-state index contributed by atoms with van der Waals surface area (Å²) in [6.07, 6.45) is 0.730. The minimum Gasteiger partial charge on any atom is -0.497 e. The van der Waals surface area contributed by atoms with Crippen LogP contribution in [0.4, 0.5) is 0 Å². The van der Waals surface area contributed by atoms with Crippen LogP contribution in [0.5, 0.6) is 5.75 Å². The van der Waals surface area contributed by atoms with E-state index in [4.69, 9.17) is 4.74 Å². The first-order chi connectivity index (χ1) is 14.0. The Kier molecular flexibility index (Phi) is 6.91. The van der Waals surface area contributed by atoms with Crippen molar-refractivity contribution in [3.8, 4) is 5.75 Å². The van der Waals surface area contributed by atoms with Gasteiger partial charge in [-0.25, -0.2) is 4.98 Å². The molecule has 3 N–H and O–H groups in total. The Morgan fingerprint density at radius 1 is 1.07 bits per heavy atom. The first-order valence-corrected chi connectivity index (χ1v) is 9.99. The molecule has 0 saturated heterocycles. The van der Waals surface area contributed by atoms with Gasteiger partial charge in [-0.05, 0) is 36.8 Å². The number of carbonyl (C=O) groups excluding carboxylic acids is 2. The second-order valence-electron chi connectivity index (χ2n) is 6.30. The van der Waals surface area contributed by atoms with Crippen molar-refractivity contribution >= 4 is 23.6 Å². The SMILES string of the molecule is COc1ccc(C(=O)NNC(=O)CSc2nc(Cc3ccccc3)c(C)[nH]2)cc1. The summed E-state index contributed by atoms with van der Waals surface area (Å²) in [5, 5.41) is 0.671. The number of carbonyl (C=O) groups is 2. The summed E-state index contributed by atoms with van der Waals surface area (Å²) >= 11 is 1.28. The summed E-state index contributed by atoms with van der Waals surface area (Å²) in [6.45, 7) is 1.96. The van der Waals surface area contributed by atoms with Crippen molar-refractivity contribution in [3.05, 3.63) is 77.1 Å². The number of nitrogens with one attached hydrogen (secondary N) is 3. The molecule has 7 nitrogen and oxygen atoms in total. The van der Waals surface area contributed by atoms with Crippen LogP contribution in [0, 0.1) is 6.92 Å². The Labute approximate surface area is 173 Å². The molecule has 0 radical (unpaired) electrons. The van der Waals surface area contributed by atoms with Crippen LogP contribution in [0.2, 0.25) is 0 Å². The number of H-pyrrole nitrogens is 1. The van der Waals surface area contributed by atoms with Crippen LogP contribution in [0.1, 0.15) is 27.3 Å². The van der Waals surface area contributed by atoms with E-state index in [1.807, 2.05) is 25.1 Å². The average Bonchev–Trinajstić information content (AvgIpc) is 3.10. The van der Waals surface area contributed by atoms with E-state index in [-0.39, 0.29) is 11.7 Å². The number of thioether (sulfide) groups is 1. The Hall–Kier alpha value is -3.26. The molecule has 0 saturated carbocycles. The summed E-state index contributed by atoms with van der Waals surface area (Å²) in [5.74, 6) is 0.0588. The molecule has 0 bridgehead atoms. The first-order valence-electron chi connectivity index (χ1n) is 9.00. The fourth-order valence-corrected chi connectivity index (χ4v) is 3.35. The molecule has 0 atom stereocenters.